The van der Waals surface area contributed by atoms with Crippen molar-refractivity contribution >= 4 is 16.0 Å². The summed E-state index contributed by atoms with van der Waals surface area (Å²) in [5.41, 5.74) is 0. The highest BCUT2D eigenvalue weighted by Crippen LogP contribution is 2.44. The number of sulfonamides is 1. The number of carboxylic acids is 1. The number of hydrogen-bond acceptors (Lipinski definition) is 4. The molecule has 1 saturated heterocycles. The van der Waals surface area contributed by atoms with E-state index in [2.05, 4.69) is 0 Å². The highest BCUT2D eigenvalue weighted by Gasteiger charge is 2.51. The summed E-state index contributed by atoms with van der Waals surface area (Å²) in [6.07, 6.45) is -1.52. The molecule has 1 N–H and O–H groups in total. The molecule has 0 radical (unpaired) electrons. The van der Waals surface area contributed by atoms with Gasteiger partial charge in [0.05, 0.1) is 23.2 Å². The number of fused-ring (bicyclic) bond motifs is 1. The van der Waals surface area contributed by atoms with E-state index in [-0.39, 0.29) is 49.7 Å². The highest BCUT2D eigenvalue weighted by atomic mass is 32.2. The maximum atomic E-state index is 14.1. The van der Waals surface area contributed by atoms with Crippen LogP contribution in [-0.2, 0) is 19.6 Å². The zero-order valence-corrected chi connectivity index (χ0v) is 21.7. The fraction of sp³-hybridized carbons (Fsp3) is 0.960. The van der Waals surface area contributed by atoms with Crippen LogP contribution in [-0.4, -0.2) is 66.7 Å². The monoisotopic (exact) mass is 541 g/mol. The van der Waals surface area contributed by atoms with Crippen molar-refractivity contribution in [2.45, 2.75) is 107 Å². The van der Waals surface area contributed by atoms with Gasteiger partial charge in [0.15, 0.2) is 0 Å². The van der Waals surface area contributed by atoms with E-state index >= 15 is 0 Å². The van der Waals surface area contributed by atoms with Crippen molar-refractivity contribution < 1.29 is 40.6 Å². The van der Waals surface area contributed by atoms with Crippen LogP contribution in [0.5, 0.6) is 0 Å². The normalized spacial score (nSPS) is 41.0. The summed E-state index contributed by atoms with van der Waals surface area (Å²) in [5, 5.41) is 8.51. The van der Waals surface area contributed by atoms with Gasteiger partial charge < -0.3 is 9.84 Å². The van der Waals surface area contributed by atoms with Gasteiger partial charge in [-0.3, -0.25) is 4.79 Å². The van der Waals surface area contributed by atoms with Crippen LogP contribution < -0.4 is 0 Å². The lowest BCUT2D eigenvalue weighted by Crippen LogP contribution is -2.58. The lowest BCUT2D eigenvalue weighted by molar-refractivity contribution is -0.181. The molecule has 3 saturated carbocycles. The molecule has 1 heterocycles. The maximum Gasteiger partial charge on any atom is 0.391 e. The van der Waals surface area contributed by atoms with E-state index < -0.39 is 57.9 Å². The Bertz CT molecular complexity index is 884. The lowest BCUT2D eigenvalue weighted by atomic mass is 9.75. The van der Waals surface area contributed by atoms with Crippen LogP contribution in [0.3, 0.4) is 0 Å². The van der Waals surface area contributed by atoms with Crippen molar-refractivity contribution in [3.8, 4) is 0 Å². The molecule has 4 rings (SSSR count). The van der Waals surface area contributed by atoms with Crippen molar-refractivity contribution in [3.63, 3.8) is 0 Å². The van der Waals surface area contributed by atoms with Crippen molar-refractivity contribution in [1.82, 2.24) is 4.31 Å². The van der Waals surface area contributed by atoms with Crippen LogP contribution in [0.25, 0.3) is 0 Å². The van der Waals surface area contributed by atoms with E-state index in [4.69, 9.17) is 4.74 Å². The Morgan fingerprint density at radius 1 is 1.03 bits per heavy atom. The first-order chi connectivity index (χ1) is 16.9. The number of aliphatic carboxylic acids is 1. The van der Waals surface area contributed by atoms with E-state index in [1.54, 1.807) is 0 Å². The smallest absolute Gasteiger partial charge is 0.391 e. The molecule has 0 aromatic rings. The zero-order chi connectivity index (χ0) is 26.3. The minimum Gasteiger partial charge on any atom is -0.481 e. The summed E-state index contributed by atoms with van der Waals surface area (Å²) >= 11 is 0. The van der Waals surface area contributed by atoms with Gasteiger partial charge in [0.2, 0.25) is 10.0 Å². The fourth-order valence-corrected chi connectivity index (χ4v) is 9.24. The molecule has 0 spiro atoms. The first-order valence-corrected chi connectivity index (χ1v) is 14.9. The summed E-state index contributed by atoms with van der Waals surface area (Å²) in [6.45, 7) is 2.12. The third kappa shape index (κ3) is 6.20. The molecule has 208 valence electrons. The second-order valence-electron chi connectivity index (χ2n) is 11.7. The number of piperidine rings is 1. The molecule has 4 fully saturated rings. The van der Waals surface area contributed by atoms with Gasteiger partial charge in [0.1, 0.15) is 6.17 Å². The van der Waals surface area contributed by atoms with Crippen LogP contribution in [0.4, 0.5) is 17.6 Å². The van der Waals surface area contributed by atoms with Crippen LogP contribution in [0.2, 0.25) is 0 Å². The molecule has 0 aromatic carbocycles. The quantitative estimate of drug-likeness (QED) is 0.469. The largest absolute Gasteiger partial charge is 0.481 e. The number of carboxylic acid groups (broad SMARTS) is 1. The first kappa shape index (κ1) is 28.1. The fourth-order valence-electron chi connectivity index (χ4n) is 6.89. The zero-order valence-electron chi connectivity index (χ0n) is 20.8. The number of carbonyl (C=O) groups is 1. The number of nitrogens with zero attached hydrogens (tertiary/aromatic N) is 1. The van der Waals surface area contributed by atoms with Gasteiger partial charge in [-0.25, -0.2) is 12.8 Å². The van der Waals surface area contributed by atoms with E-state index in [0.29, 0.717) is 38.7 Å². The predicted molar refractivity (Wildman–Crippen MR) is 125 cm³/mol. The van der Waals surface area contributed by atoms with Gasteiger partial charge in [-0.2, -0.15) is 17.5 Å². The summed E-state index contributed by atoms with van der Waals surface area (Å²) < 4.78 is 89.1. The number of halogens is 4. The summed E-state index contributed by atoms with van der Waals surface area (Å²) in [7, 11) is -4.12. The molecule has 9 unspecified atom stereocenters. The van der Waals surface area contributed by atoms with Gasteiger partial charge in [0, 0.05) is 19.2 Å². The van der Waals surface area contributed by atoms with Crippen molar-refractivity contribution in [2.24, 2.45) is 29.6 Å². The van der Waals surface area contributed by atoms with Crippen LogP contribution >= 0.6 is 0 Å². The summed E-state index contributed by atoms with van der Waals surface area (Å²) in [4.78, 5) is 11.8. The average molecular weight is 542 g/mol. The first-order valence-electron chi connectivity index (χ1n) is 13.4. The van der Waals surface area contributed by atoms with Crippen molar-refractivity contribution in [2.75, 3.05) is 13.2 Å². The van der Waals surface area contributed by atoms with E-state index in [1.807, 2.05) is 6.92 Å². The van der Waals surface area contributed by atoms with Gasteiger partial charge in [-0.05, 0) is 82.0 Å². The number of alkyl halides is 4. The third-order valence-corrected chi connectivity index (χ3v) is 11.6. The Morgan fingerprint density at radius 3 is 2.44 bits per heavy atom. The Balaban J connectivity index is 1.46. The minimum absolute atomic E-state index is 0.0524. The molecule has 9 atom stereocenters. The lowest BCUT2D eigenvalue weighted by Gasteiger charge is -2.48. The van der Waals surface area contributed by atoms with Gasteiger partial charge in [-0.1, -0.05) is 13.3 Å². The molecule has 36 heavy (non-hydrogen) atoms. The molecule has 1 aliphatic heterocycles. The second kappa shape index (κ2) is 11.0. The molecule has 3 aliphatic carbocycles. The Labute approximate surface area is 211 Å². The molecular weight excluding hydrogens is 502 g/mol. The van der Waals surface area contributed by atoms with Crippen molar-refractivity contribution in [3.05, 3.63) is 0 Å². The van der Waals surface area contributed by atoms with Gasteiger partial charge >= 0.3 is 12.1 Å². The molecule has 0 aromatic heterocycles. The standard InChI is InChI=1S/C25H39F4NO5S/c1-15-5-6-16(9-22(15)26)14-35-20-8-7-17-10-18(24(31)32)13-30(23(17)12-20)36(33,34)21-4-2-3-19(11-21)25(27,28)29/h15-23H,2-14H2,1H3,(H,31,32). The van der Waals surface area contributed by atoms with Gasteiger partial charge in [0.25, 0.3) is 0 Å². The highest BCUT2D eigenvalue weighted by molar-refractivity contribution is 7.89. The summed E-state index contributed by atoms with van der Waals surface area (Å²) in [5.74, 6) is -3.58. The predicted octanol–water partition coefficient (Wildman–Crippen LogP) is 5.17. The molecule has 6 nitrogen and oxygen atoms in total. The minimum atomic E-state index is -4.44. The number of ether oxygens (including phenoxy) is 1. The molecule has 0 amide bonds. The third-order valence-electron chi connectivity index (χ3n) is 9.23. The number of hydrogen-bond donors (Lipinski definition) is 1. The van der Waals surface area contributed by atoms with E-state index in [0.717, 1.165) is 12.8 Å². The second-order valence-corrected chi connectivity index (χ2v) is 13.8. The Hall–Kier alpha value is -0.940. The van der Waals surface area contributed by atoms with Gasteiger partial charge in [-0.15, -0.1) is 0 Å². The van der Waals surface area contributed by atoms with Crippen LogP contribution in [0.1, 0.15) is 77.6 Å². The SMILES string of the molecule is CC1CCC(COC2CCC3CC(C(=O)O)CN(S(=O)(=O)C4CCCC(C(F)(F)F)C4)C3C2)CC1F. The molecular formula is C25H39F4NO5S. The molecule has 4 aliphatic rings. The maximum absolute atomic E-state index is 14.1. The molecule has 11 heteroatoms. The molecule has 0 bridgehead atoms. The van der Waals surface area contributed by atoms with E-state index in [9.17, 15) is 35.9 Å². The number of rotatable bonds is 6. The Kier molecular flexibility index (Phi) is 8.61. The van der Waals surface area contributed by atoms with Crippen LogP contribution in [0.15, 0.2) is 0 Å². The Morgan fingerprint density at radius 2 is 1.78 bits per heavy atom. The summed E-state index contributed by atoms with van der Waals surface area (Å²) in [6, 6.07) is -0.476. The van der Waals surface area contributed by atoms with Crippen LogP contribution in [0, 0.1) is 29.6 Å². The van der Waals surface area contributed by atoms with Crippen molar-refractivity contribution in [1.29, 1.82) is 0 Å². The average Bonchev–Trinajstić information content (AvgIpc) is 2.83. The van der Waals surface area contributed by atoms with E-state index in [1.165, 1.54) is 4.31 Å². The topological polar surface area (TPSA) is 83.9 Å².